The van der Waals surface area contributed by atoms with Gasteiger partial charge in [-0.1, -0.05) is 37.3 Å². The molecule has 0 spiro atoms. The fourth-order valence-corrected chi connectivity index (χ4v) is 1.66. The summed E-state index contributed by atoms with van der Waals surface area (Å²) in [7, 11) is 0. The first-order chi connectivity index (χ1) is 8.31. The van der Waals surface area contributed by atoms with Crippen molar-refractivity contribution in [3.63, 3.8) is 0 Å². The molecule has 1 aromatic carbocycles. The minimum Gasteiger partial charge on any atom is -0.451 e. The molecule has 1 atom stereocenters. The molecule has 2 rings (SSSR count). The number of hydrogen-bond donors (Lipinski definition) is 1. The molecule has 17 heavy (non-hydrogen) atoms. The van der Waals surface area contributed by atoms with Gasteiger partial charge in [0.15, 0.2) is 12.1 Å². The molecule has 0 aliphatic carbocycles. The Bertz CT molecular complexity index is 465. The molecule has 4 nitrogen and oxygen atoms in total. The second kappa shape index (κ2) is 5.30. The van der Waals surface area contributed by atoms with Gasteiger partial charge in [0.05, 0.1) is 6.04 Å². The Labute approximate surface area is 99.7 Å². The Morgan fingerprint density at radius 1 is 1.41 bits per heavy atom. The first-order valence-electron chi connectivity index (χ1n) is 5.55. The molecule has 1 aromatic heterocycles. The predicted octanol–water partition coefficient (Wildman–Crippen LogP) is 2.56. The molecule has 1 heterocycles. The molecule has 0 radical (unpaired) electrons. The van der Waals surface area contributed by atoms with Crippen molar-refractivity contribution in [3.05, 3.63) is 54.2 Å². The topological polar surface area (TPSA) is 55.1 Å². The number of nitrogens with zero attached hydrogens (tertiary/aromatic N) is 1. The third-order valence-corrected chi connectivity index (χ3v) is 2.58. The quantitative estimate of drug-likeness (QED) is 0.878. The van der Waals surface area contributed by atoms with Crippen LogP contribution in [0.5, 0.6) is 0 Å². The van der Waals surface area contributed by atoms with Gasteiger partial charge in [0.1, 0.15) is 6.26 Å². The lowest BCUT2D eigenvalue weighted by atomic mass is 10.0. The third-order valence-electron chi connectivity index (χ3n) is 2.58. The molecule has 0 fully saturated rings. The van der Waals surface area contributed by atoms with Crippen LogP contribution in [0.25, 0.3) is 0 Å². The zero-order valence-corrected chi connectivity index (χ0v) is 9.59. The average molecular weight is 230 g/mol. The van der Waals surface area contributed by atoms with E-state index in [2.05, 4.69) is 10.3 Å². The molecule has 1 N–H and O–H groups in total. The van der Waals surface area contributed by atoms with Crippen LogP contribution in [0.1, 0.15) is 35.4 Å². The number of hydrogen-bond acceptors (Lipinski definition) is 3. The van der Waals surface area contributed by atoms with E-state index in [4.69, 9.17) is 4.42 Å². The van der Waals surface area contributed by atoms with Crippen LogP contribution >= 0.6 is 0 Å². The number of carbonyl (C=O) groups is 1. The van der Waals surface area contributed by atoms with Crippen LogP contribution in [-0.4, -0.2) is 10.9 Å². The molecule has 0 unspecified atom stereocenters. The number of oxazole rings is 1. The first kappa shape index (κ1) is 11.4. The molecule has 0 bridgehead atoms. The lowest BCUT2D eigenvalue weighted by Crippen LogP contribution is -2.28. The monoisotopic (exact) mass is 230 g/mol. The van der Waals surface area contributed by atoms with E-state index in [0.717, 1.165) is 12.0 Å². The smallest absolute Gasteiger partial charge is 0.273 e. The van der Waals surface area contributed by atoms with Gasteiger partial charge >= 0.3 is 0 Å². The van der Waals surface area contributed by atoms with Gasteiger partial charge in [0, 0.05) is 0 Å². The highest BCUT2D eigenvalue weighted by molar-refractivity contribution is 5.92. The Morgan fingerprint density at radius 2 is 2.18 bits per heavy atom. The lowest BCUT2D eigenvalue weighted by molar-refractivity contribution is 0.0930. The van der Waals surface area contributed by atoms with Crippen molar-refractivity contribution >= 4 is 5.91 Å². The number of amides is 1. The Balaban J connectivity index is 2.09. The second-order valence-electron chi connectivity index (χ2n) is 3.72. The lowest BCUT2D eigenvalue weighted by Gasteiger charge is -2.16. The molecular formula is C13H14N2O2. The highest BCUT2D eigenvalue weighted by Crippen LogP contribution is 2.16. The number of carbonyl (C=O) groups excluding carboxylic acids is 1. The summed E-state index contributed by atoms with van der Waals surface area (Å²) in [6.07, 6.45) is 3.42. The van der Waals surface area contributed by atoms with Gasteiger partial charge in [-0.25, -0.2) is 4.98 Å². The number of nitrogens with one attached hydrogen (secondary N) is 1. The third kappa shape index (κ3) is 2.72. The van der Waals surface area contributed by atoms with Gasteiger partial charge in [-0.15, -0.1) is 0 Å². The Hall–Kier alpha value is -2.10. The van der Waals surface area contributed by atoms with Gasteiger partial charge in [-0.05, 0) is 12.0 Å². The number of aromatic nitrogens is 1. The highest BCUT2D eigenvalue weighted by Gasteiger charge is 2.15. The summed E-state index contributed by atoms with van der Waals surface area (Å²) in [5.41, 5.74) is 1.39. The van der Waals surface area contributed by atoms with Crippen LogP contribution in [0.2, 0.25) is 0 Å². The molecule has 4 heteroatoms. The minimum atomic E-state index is -0.213. The van der Waals surface area contributed by atoms with E-state index in [9.17, 15) is 4.79 Å². The Kier molecular flexibility index (Phi) is 3.55. The maximum absolute atomic E-state index is 11.8. The summed E-state index contributed by atoms with van der Waals surface area (Å²) in [4.78, 5) is 15.6. The summed E-state index contributed by atoms with van der Waals surface area (Å²) >= 11 is 0. The standard InChI is InChI=1S/C13H14N2O2/c1-2-11(10-6-4-3-5-7-10)15-13(16)12-8-17-9-14-12/h3-9,11H,2H2,1H3,(H,15,16)/t11-/m1/s1. The van der Waals surface area contributed by atoms with Crippen LogP contribution in [0.3, 0.4) is 0 Å². The van der Waals surface area contributed by atoms with Crippen molar-refractivity contribution in [2.24, 2.45) is 0 Å². The van der Waals surface area contributed by atoms with Crippen LogP contribution in [0.15, 0.2) is 47.4 Å². The largest absolute Gasteiger partial charge is 0.451 e. The van der Waals surface area contributed by atoms with Crippen LogP contribution in [0.4, 0.5) is 0 Å². The zero-order valence-electron chi connectivity index (χ0n) is 9.59. The molecule has 0 aliphatic heterocycles. The molecule has 1 amide bonds. The second-order valence-corrected chi connectivity index (χ2v) is 3.72. The summed E-state index contributed by atoms with van der Waals surface area (Å²) in [6.45, 7) is 2.03. The van der Waals surface area contributed by atoms with E-state index in [0.29, 0.717) is 5.69 Å². The van der Waals surface area contributed by atoms with E-state index in [1.54, 1.807) is 0 Å². The number of benzene rings is 1. The van der Waals surface area contributed by atoms with E-state index in [-0.39, 0.29) is 11.9 Å². The van der Waals surface area contributed by atoms with Crippen molar-refractivity contribution in [2.45, 2.75) is 19.4 Å². The molecule has 2 aromatic rings. The van der Waals surface area contributed by atoms with Gasteiger partial charge < -0.3 is 9.73 Å². The van der Waals surface area contributed by atoms with Crippen molar-refractivity contribution in [1.82, 2.24) is 10.3 Å². The van der Waals surface area contributed by atoms with Gasteiger partial charge in [0.25, 0.3) is 5.91 Å². The van der Waals surface area contributed by atoms with E-state index in [1.807, 2.05) is 37.3 Å². The van der Waals surface area contributed by atoms with Crippen molar-refractivity contribution < 1.29 is 9.21 Å². The summed E-state index contributed by atoms with van der Waals surface area (Å²) in [5.74, 6) is -0.213. The summed E-state index contributed by atoms with van der Waals surface area (Å²) < 4.78 is 4.78. The minimum absolute atomic E-state index is 0.000370. The van der Waals surface area contributed by atoms with Crippen LogP contribution in [-0.2, 0) is 0 Å². The Morgan fingerprint density at radius 3 is 2.76 bits per heavy atom. The zero-order chi connectivity index (χ0) is 12.1. The van der Waals surface area contributed by atoms with Crippen molar-refractivity contribution in [3.8, 4) is 0 Å². The van der Waals surface area contributed by atoms with E-state index >= 15 is 0 Å². The molecule has 0 aliphatic rings. The van der Waals surface area contributed by atoms with Gasteiger partial charge in [0.2, 0.25) is 0 Å². The fourth-order valence-electron chi connectivity index (χ4n) is 1.66. The maximum Gasteiger partial charge on any atom is 0.273 e. The SMILES string of the molecule is CC[C@@H](NC(=O)c1cocn1)c1ccccc1. The average Bonchev–Trinajstić information content (AvgIpc) is 2.90. The molecular weight excluding hydrogens is 216 g/mol. The summed E-state index contributed by atoms with van der Waals surface area (Å²) in [5, 5.41) is 2.92. The van der Waals surface area contributed by atoms with Gasteiger partial charge in [-0.2, -0.15) is 0 Å². The normalized spacial score (nSPS) is 12.1. The van der Waals surface area contributed by atoms with Crippen LogP contribution in [0, 0.1) is 0 Å². The molecule has 88 valence electrons. The van der Waals surface area contributed by atoms with Crippen molar-refractivity contribution in [1.29, 1.82) is 0 Å². The van der Waals surface area contributed by atoms with Crippen LogP contribution < -0.4 is 5.32 Å². The fraction of sp³-hybridized carbons (Fsp3) is 0.231. The molecule has 0 saturated carbocycles. The van der Waals surface area contributed by atoms with E-state index in [1.165, 1.54) is 12.7 Å². The molecule has 0 saturated heterocycles. The summed E-state index contributed by atoms with van der Waals surface area (Å²) in [6, 6.07) is 9.87. The van der Waals surface area contributed by atoms with E-state index < -0.39 is 0 Å². The maximum atomic E-state index is 11.8. The van der Waals surface area contributed by atoms with Crippen molar-refractivity contribution in [2.75, 3.05) is 0 Å². The predicted molar refractivity (Wildman–Crippen MR) is 63.4 cm³/mol. The van der Waals surface area contributed by atoms with Gasteiger partial charge in [-0.3, -0.25) is 4.79 Å². The highest BCUT2D eigenvalue weighted by atomic mass is 16.3. The number of rotatable bonds is 4. The first-order valence-corrected chi connectivity index (χ1v) is 5.55.